The SMILES string of the molecule is CC(C)c1nc(SCCCS(N)(=O)=O)c2ccccc2n1. The van der Waals surface area contributed by atoms with E-state index in [1.54, 1.807) is 11.8 Å². The molecule has 1 heterocycles. The molecule has 0 aliphatic carbocycles. The van der Waals surface area contributed by atoms with Crippen molar-refractivity contribution < 1.29 is 8.42 Å². The number of para-hydroxylation sites is 1. The van der Waals surface area contributed by atoms with Crippen molar-refractivity contribution in [1.29, 1.82) is 0 Å². The third kappa shape index (κ3) is 4.66. The van der Waals surface area contributed by atoms with Crippen LogP contribution in [-0.4, -0.2) is 29.9 Å². The molecule has 0 radical (unpaired) electrons. The van der Waals surface area contributed by atoms with Crippen LogP contribution in [0.25, 0.3) is 10.9 Å². The van der Waals surface area contributed by atoms with Crippen LogP contribution in [0.1, 0.15) is 32.0 Å². The van der Waals surface area contributed by atoms with Crippen LogP contribution >= 0.6 is 11.8 Å². The molecule has 2 aromatic rings. The highest BCUT2D eigenvalue weighted by molar-refractivity contribution is 7.99. The molecule has 21 heavy (non-hydrogen) atoms. The third-order valence-electron chi connectivity index (χ3n) is 2.91. The first kappa shape index (κ1) is 16.2. The lowest BCUT2D eigenvalue weighted by Crippen LogP contribution is -2.16. The molecule has 0 amide bonds. The number of aromatic nitrogens is 2. The Morgan fingerprint density at radius 3 is 2.62 bits per heavy atom. The molecule has 1 aromatic carbocycles. The zero-order valence-electron chi connectivity index (χ0n) is 12.1. The lowest BCUT2D eigenvalue weighted by Gasteiger charge is -2.10. The highest BCUT2D eigenvalue weighted by Crippen LogP contribution is 2.27. The van der Waals surface area contributed by atoms with Crippen molar-refractivity contribution in [3.05, 3.63) is 30.1 Å². The topological polar surface area (TPSA) is 85.9 Å². The smallest absolute Gasteiger partial charge is 0.209 e. The number of nitrogens with two attached hydrogens (primary N) is 1. The molecule has 0 atom stereocenters. The molecular formula is C14H19N3O2S2. The van der Waals surface area contributed by atoms with Gasteiger partial charge in [0.15, 0.2) is 0 Å². The minimum absolute atomic E-state index is 0.0000534. The predicted octanol–water partition coefficient (Wildman–Crippen LogP) is 2.52. The van der Waals surface area contributed by atoms with Gasteiger partial charge in [0, 0.05) is 17.1 Å². The maximum Gasteiger partial charge on any atom is 0.209 e. The van der Waals surface area contributed by atoms with Gasteiger partial charge in [-0.3, -0.25) is 0 Å². The maximum atomic E-state index is 10.9. The Bertz CT molecular complexity index is 730. The largest absolute Gasteiger partial charge is 0.233 e. The van der Waals surface area contributed by atoms with E-state index < -0.39 is 10.0 Å². The van der Waals surface area contributed by atoms with Gasteiger partial charge >= 0.3 is 0 Å². The monoisotopic (exact) mass is 325 g/mol. The Kier molecular flexibility index (Phi) is 5.18. The van der Waals surface area contributed by atoms with Crippen LogP contribution in [-0.2, 0) is 10.0 Å². The highest BCUT2D eigenvalue weighted by Gasteiger charge is 2.11. The molecule has 0 saturated heterocycles. The fourth-order valence-corrected chi connectivity index (χ4v) is 3.56. The summed E-state index contributed by atoms with van der Waals surface area (Å²) in [6.07, 6.45) is 0.513. The number of sulfonamides is 1. The molecular weight excluding hydrogens is 306 g/mol. The molecule has 0 saturated carbocycles. The van der Waals surface area contributed by atoms with Crippen molar-refractivity contribution >= 4 is 32.7 Å². The van der Waals surface area contributed by atoms with Gasteiger partial charge in [-0.1, -0.05) is 32.0 Å². The molecule has 0 bridgehead atoms. The molecule has 5 nitrogen and oxygen atoms in total. The average Bonchev–Trinajstić information content (AvgIpc) is 2.42. The summed E-state index contributed by atoms with van der Waals surface area (Å²) in [5.74, 6) is 1.72. The quantitative estimate of drug-likeness (QED) is 0.501. The summed E-state index contributed by atoms with van der Waals surface area (Å²) in [6.45, 7) is 4.11. The second kappa shape index (κ2) is 6.72. The summed E-state index contributed by atoms with van der Waals surface area (Å²) >= 11 is 1.55. The molecule has 7 heteroatoms. The van der Waals surface area contributed by atoms with E-state index in [1.165, 1.54) is 0 Å². The van der Waals surface area contributed by atoms with Gasteiger partial charge in [0.2, 0.25) is 10.0 Å². The van der Waals surface area contributed by atoms with Crippen LogP contribution in [0.4, 0.5) is 0 Å². The summed E-state index contributed by atoms with van der Waals surface area (Å²) < 4.78 is 21.9. The predicted molar refractivity (Wildman–Crippen MR) is 86.9 cm³/mol. The molecule has 0 aliphatic rings. The van der Waals surface area contributed by atoms with Gasteiger partial charge < -0.3 is 0 Å². The molecule has 2 N–H and O–H groups in total. The van der Waals surface area contributed by atoms with Crippen LogP contribution in [0.3, 0.4) is 0 Å². The van der Waals surface area contributed by atoms with Crippen LogP contribution < -0.4 is 5.14 Å². The maximum absolute atomic E-state index is 10.9. The van der Waals surface area contributed by atoms with Crippen LogP contribution in [0, 0.1) is 0 Å². The Morgan fingerprint density at radius 2 is 1.95 bits per heavy atom. The first-order chi connectivity index (χ1) is 9.87. The number of hydrogen-bond donors (Lipinski definition) is 1. The van der Waals surface area contributed by atoms with Gasteiger partial charge in [0.05, 0.1) is 11.3 Å². The number of rotatable bonds is 6. The minimum Gasteiger partial charge on any atom is -0.233 e. The number of thioether (sulfide) groups is 1. The molecule has 0 aliphatic heterocycles. The molecule has 0 unspecified atom stereocenters. The van der Waals surface area contributed by atoms with E-state index in [-0.39, 0.29) is 11.7 Å². The van der Waals surface area contributed by atoms with Crippen molar-refractivity contribution in [2.24, 2.45) is 5.14 Å². The number of primary sulfonamides is 1. The zero-order valence-corrected chi connectivity index (χ0v) is 13.7. The lowest BCUT2D eigenvalue weighted by molar-refractivity contribution is 0.596. The van der Waals surface area contributed by atoms with E-state index in [9.17, 15) is 8.42 Å². The Morgan fingerprint density at radius 1 is 1.24 bits per heavy atom. The number of fused-ring (bicyclic) bond motifs is 1. The van der Waals surface area contributed by atoms with E-state index >= 15 is 0 Å². The summed E-state index contributed by atoms with van der Waals surface area (Å²) in [5.41, 5.74) is 0.921. The molecule has 2 rings (SSSR count). The summed E-state index contributed by atoms with van der Waals surface area (Å²) in [6, 6.07) is 7.86. The van der Waals surface area contributed by atoms with E-state index in [0.29, 0.717) is 12.2 Å². The summed E-state index contributed by atoms with van der Waals surface area (Å²) in [5, 5.41) is 6.91. The standard InChI is InChI=1S/C14H19N3O2S2/c1-10(2)13-16-12-7-4-3-6-11(12)14(17-13)20-8-5-9-21(15,18)19/h3-4,6-7,10H,5,8-9H2,1-2H3,(H2,15,18,19). The van der Waals surface area contributed by atoms with Gasteiger partial charge in [-0.15, -0.1) is 11.8 Å². The highest BCUT2D eigenvalue weighted by atomic mass is 32.2. The zero-order chi connectivity index (χ0) is 15.5. The van der Waals surface area contributed by atoms with Crippen LogP contribution in [0.2, 0.25) is 0 Å². The van der Waals surface area contributed by atoms with E-state index in [4.69, 9.17) is 5.14 Å². The van der Waals surface area contributed by atoms with Crippen molar-refractivity contribution in [1.82, 2.24) is 9.97 Å². The van der Waals surface area contributed by atoms with Gasteiger partial charge in [0.25, 0.3) is 0 Å². The summed E-state index contributed by atoms with van der Waals surface area (Å²) in [7, 11) is -3.39. The van der Waals surface area contributed by atoms with Gasteiger partial charge in [-0.2, -0.15) is 0 Å². The molecule has 0 fully saturated rings. The van der Waals surface area contributed by atoms with Crippen molar-refractivity contribution in [3.8, 4) is 0 Å². The average molecular weight is 325 g/mol. The van der Waals surface area contributed by atoms with E-state index in [1.807, 2.05) is 24.3 Å². The van der Waals surface area contributed by atoms with E-state index in [0.717, 1.165) is 21.8 Å². The van der Waals surface area contributed by atoms with Crippen molar-refractivity contribution in [2.75, 3.05) is 11.5 Å². The summed E-state index contributed by atoms with van der Waals surface area (Å²) in [4.78, 5) is 9.17. The fourth-order valence-electron chi connectivity index (χ4n) is 1.86. The number of benzene rings is 1. The fraction of sp³-hybridized carbons (Fsp3) is 0.429. The third-order valence-corrected chi connectivity index (χ3v) is 4.85. The lowest BCUT2D eigenvalue weighted by atomic mass is 10.2. The minimum atomic E-state index is -3.39. The second-order valence-electron chi connectivity index (χ2n) is 5.13. The molecule has 0 spiro atoms. The first-order valence-electron chi connectivity index (χ1n) is 6.77. The van der Waals surface area contributed by atoms with Gasteiger partial charge in [-0.05, 0) is 12.5 Å². The Labute approximate surface area is 129 Å². The van der Waals surface area contributed by atoms with E-state index in [2.05, 4.69) is 23.8 Å². The Hall–Kier alpha value is -1.18. The van der Waals surface area contributed by atoms with Gasteiger partial charge in [0.1, 0.15) is 10.9 Å². The van der Waals surface area contributed by atoms with Crippen LogP contribution in [0.15, 0.2) is 29.3 Å². The normalized spacial score (nSPS) is 12.2. The first-order valence-corrected chi connectivity index (χ1v) is 9.47. The molecule has 114 valence electrons. The second-order valence-corrected chi connectivity index (χ2v) is 7.95. The number of nitrogens with zero attached hydrogens (tertiary/aromatic N) is 2. The Balaban J connectivity index is 2.21. The molecule has 1 aromatic heterocycles. The van der Waals surface area contributed by atoms with Crippen LogP contribution in [0.5, 0.6) is 0 Å². The van der Waals surface area contributed by atoms with Crippen molar-refractivity contribution in [3.63, 3.8) is 0 Å². The van der Waals surface area contributed by atoms with Crippen molar-refractivity contribution in [2.45, 2.75) is 31.2 Å². The van der Waals surface area contributed by atoms with Gasteiger partial charge in [-0.25, -0.2) is 23.5 Å². The number of hydrogen-bond acceptors (Lipinski definition) is 5.